The predicted molar refractivity (Wildman–Crippen MR) is 132 cm³/mol. The number of aromatic nitrogens is 3. The molecule has 182 valence electrons. The topological polar surface area (TPSA) is 95.2 Å². The molecule has 0 spiro atoms. The first-order valence-corrected chi connectivity index (χ1v) is 13.5. The molecule has 0 bridgehead atoms. The van der Waals surface area contributed by atoms with Crippen molar-refractivity contribution >= 4 is 10.0 Å². The van der Waals surface area contributed by atoms with Gasteiger partial charge < -0.3 is 9.30 Å². The van der Waals surface area contributed by atoms with Crippen LogP contribution in [0.4, 0.5) is 0 Å². The average molecular weight is 485 g/mol. The molecule has 8 nitrogen and oxygen atoms in total. The second kappa shape index (κ2) is 10.7. The molecule has 0 amide bonds. The number of nitrogens with one attached hydrogen (secondary N) is 1. The Morgan fingerprint density at radius 2 is 1.88 bits per heavy atom. The molecule has 2 heterocycles. The third kappa shape index (κ3) is 6.22. The molecule has 1 aromatic carbocycles. The van der Waals surface area contributed by atoms with Crippen LogP contribution in [0.3, 0.4) is 0 Å². The Bertz CT molecular complexity index is 1230. The molecule has 4 rings (SSSR count). The van der Waals surface area contributed by atoms with E-state index in [1.165, 1.54) is 5.56 Å². The standard InChI is InChI=1S/C25H32N4O4S/c1-19-15-22(29-14-6-13-26-29)17-28(25(19)30)23(16-27-34(2,31)32)18-33-24-11-9-21(10-12-24)20-7-4-3-5-8-20/h3-8,13-15,17,21,23-24,27H,9-12,16,18H2,1-2H3. The number of sulfonamides is 1. The van der Waals surface area contributed by atoms with Gasteiger partial charge in [-0.05, 0) is 56.2 Å². The van der Waals surface area contributed by atoms with Crippen molar-refractivity contribution in [1.29, 1.82) is 0 Å². The largest absolute Gasteiger partial charge is 0.376 e. The van der Waals surface area contributed by atoms with Crippen molar-refractivity contribution in [3.05, 3.63) is 82.5 Å². The van der Waals surface area contributed by atoms with Gasteiger partial charge in [0.15, 0.2) is 0 Å². The third-order valence-corrected chi connectivity index (χ3v) is 7.11. The van der Waals surface area contributed by atoms with Crippen LogP contribution in [0, 0.1) is 6.92 Å². The summed E-state index contributed by atoms with van der Waals surface area (Å²) in [5.41, 5.74) is 2.48. The SMILES string of the molecule is Cc1cc(-n2cccn2)cn(C(CNS(C)(=O)=O)COC2CCC(c3ccccc3)CC2)c1=O. The van der Waals surface area contributed by atoms with E-state index < -0.39 is 16.1 Å². The van der Waals surface area contributed by atoms with Crippen LogP contribution in [-0.2, 0) is 14.8 Å². The van der Waals surface area contributed by atoms with Crippen LogP contribution in [0.2, 0.25) is 0 Å². The van der Waals surface area contributed by atoms with Crippen molar-refractivity contribution in [2.45, 2.75) is 50.7 Å². The minimum Gasteiger partial charge on any atom is -0.376 e. The van der Waals surface area contributed by atoms with E-state index in [4.69, 9.17) is 4.74 Å². The zero-order valence-electron chi connectivity index (χ0n) is 19.6. The Balaban J connectivity index is 1.48. The van der Waals surface area contributed by atoms with Gasteiger partial charge in [0, 0.05) is 30.7 Å². The highest BCUT2D eigenvalue weighted by Crippen LogP contribution is 2.34. The monoisotopic (exact) mass is 484 g/mol. The quantitative estimate of drug-likeness (QED) is 0.503. The highest BCUT2D eigenvalue weighted by molar-refractivity contribution is 7.88. The Labute approximate surface area is 200 Å². The van der Waals surface area contributed by atoms with Crippen molar-refractivity contribution < 1.29 is 13.2 Å². The molecule has 2 aromatic heterocycles. The minimum absolute atomic E-state index is 0.0695. The van der Waals surface area contributed by atoms with E-state index in [9.17, 15) is 13.2 Å². The van der Waals surface area contributed by atoms with Gasteiger partial charge in [-0.2, -0.15) is 5.10 Å². The van der Waals surface area contributed by atoms with Crippen molar-refractivity contribution in [2.75, 3.05) is 19.4 Å². The summed E-state index contributed by atoms with van der Waals surface area (Å²) in [5, 5.41) is 4.25. The van der Waals surface area contributed by atoms with Crippen LogP contribution in [0.1, 0.15) is 48.8 Å². The molecule has 1 unspecified atom stereocenters. The normalized spacial score (nSPS) is 19.7. The van der Waals surface area contributed by atoms with Crippen LogP contribution in [0.25, 0.3) is 5.69 Å². The van der Waals surface area contributed by atoms with Crippen LogP contribution in [-0.4, -0.2) is 48.3 Å². The average Bonchev–Trinajstić information content (AvgIpc) is 3.37. The highest BCUT2D eigenvalue weighted by atomic mass is 32.2. The predicted octanol–water partition coefficient (Wildman–Crippen LogP) is 3.18. The van der Waals surface area contributed by atoms with Crippen LogP contribution in [0.15, 0.2) is 65.8 Å². The van der Waals surface area contributed by atoms with Gasteiger partial charge in [0.05, 0.1) is 30.7 Å². The maximum atomic E-state index is 13.0. The van der Waals surface area contributed by atoms with Crippen molar-refractivity contribution in [1.82, 2.24) is 19.1 Å². The Hall–Kier alpha value is -2.75. The van der Waals surface area contributed by atoms with Crippen molar-refractivity contribution in [3.8, 4) is 5.69 Å². The van der Waals surface area contributed by atoms with Crippen LogP contribution >= 0.6 is 0 Å². The molecule has 3 aromatic rings. The number of hydrogen-bond donors (Lipinski definition) is 1. The molecule has 34 heavy (non-hydrogen) atoms. The number of benzene rings is 1. The Morgan fingerprint density at radius 3 is 2.53 bits per heavy atom. The maximum Gasteiger partial charge on any atom is 0.253 e. The van der Waals surface area contributed by atoms with Crippen LogP contribution < -0.4 is 10.3 Å². The van der Waals surface area contributed by atoms with E-state index >= 15 is 0 Å². The van der Waals surface area contributed by atoms with Gasteiger partial charge in [0.1, 0.15) is 0 Å². The van der Waals surface area contributed by atoms with Gasteiger partial charge in [-0.15, -0.1) is 0 Å². The first-order chi connectivity index (χ1) is 16.3. The number of aryl methyl sites for hydroxylation is 1. The molecule has 1 aliphatic rings. The second-order valence-corrected chi connectivity index (χ2v) is 10.9. The number of nitrogens with zero attached hydrogens (tertiary/aromatic N) is 3. The summed E-state index contributed by atoms with van der Waals surface area (Å²) in [6.07, 6.45) is 10.4. The van der Waals surface area contributed by atoms with Crippen molar-refractivity contribution in [2.24, 2.45) is 0 Å². The fourth-order valence-corrected chi connectivity index (χ4v) is 5.06. The lowest BCUT2D eigenvalue weighted by atomic mass is 9.83. The molecular weight excluding hydrogens is 452 g/mol. The number of pyridine rings is 1. The lowest BCUT2D eigenvalue weighted by Gasteiger charge is -2.30. The van der Waals surface area contributed by atoms with Gasteiger partial charge in [-0.3, -0.25) is 4.79 Å². The molecule has 1 fully saturated rings. The zero-order chi connectivity index (χ0) is 24.1. The third-order valence-electron chi connectivity index (χ3n) is 6.42. The zero-order valence-corrected chi connectivity index (χ0v) is 20.4. The second-order valence-electron chi connectivity index (χ2n) is 9.04. The lowest BCUT2D eigenvalue weighted by molar-refractivity contribution is 0.00734. The molecular formula is C25H32N4O4S. The fourth-order valence-electron chi connectivity index (χ4n) is 4.56. The van der Waals surface area contributed by atoms with Crippen molar-refractivity contribution in [3.63, 3.8) is 0 Å². The summed E-state index contributed by atoms with van der Waals surface area (Å²) in [4.78, 5) is 13.0. The number of hydrogen-bond acceptors (Lipinski definition) is 5. The minimum atomic E-state index is -3.42. The molecule has 1 atom stereocenters. The van der Waals surface area contributed by atoms with E-state index in [2.05, 4.69) is 34.1 Å². The molecule has 1 saturated carbocycles. The maximum absolute atomic E-state index is 13.0. The summed E-state index contributed by atoms with van der Waals surface area (Å²) < 4.78 is 35.6. The number of rotatable bonds is 9. The van der Waals surface area contributed by atoms with Gasteiger partial charge in [0.2, 0.25) is 10.0 Å². The van der Waals surface area contributed by atoms with Gasteiger partial charge in [-0.25, -0.2) is 17.8 Å². The smallest absolute Gasteiger partial charge is 0.253 e. The van der Waals surface area contributed by atoms with Gasteiger partial charge in [-0.1, -0.05) is 30.3 Å². The summed E-state index contributed by atoms with van der Waals surface area (Å²) in [7, 11) is -3.42. The highest BCUT2D eigenvalue weighted by Gasteiger charge is 2.25. The summed E-state index contributed by atoms with van der Waals surface area (Å²) in [6, 6.07) is 13.7. The summed E-state index contributed by atoms with van der Waals surface area (Å²) in [6.45, 7) is 2.06. The van der Waals surface area contributed by atoms with Gasteiger partial charge >= 0.3 is 0 Å². The lowest BCUT2D eigenvalue weighted by Crippen LogP contribution is -2.38. The Morgan fingerprint density at radius 1 is 1.15 bits per heavy atom. The van der Waals surface area contributed by atoms with Gasteiger partial charge in [0.25, 0.3) is 5.56 Å². The summed E-state index contributed by atoms with van der Waals surface area (Å²) >= 11 is 0. The molecule has 9 heteroatoms. The van der Waals surface area contributed by atoms with E-state index in [1.807, 2.05) is 12.1 Å². The first-order valence-electron chi connectivity index (χ1n) is 11.6. The van der Waals surface area contributed by atoms with E-state index in [0.29, 0.717) is 11.5 Å². The van der Waals surface area contributed by atoms with Crippen LogP contribution in [0.5, 0.6) is 0 Å². The summed E-state index contributed by atoms with van der Waals surface area (Å²) in [5.74, 6) is 0.541. The van der Waals surface area contributed by atoms with E-state index in [-0.39, 0.29) is 24.8 Å². The first kappa shape index (κ1) is 24.4. The molecule has 0 aliphatic heterocycles. The number of ether oxygens (including phenoxy) is 1. The molecule has 0 saturated heterocycles. The van der Waals surface area contributed by atoms with E-state index in [0.717, 1.165) is 37.6 Å². The molecule has 1 aliphatic carbocycles. The molecule has 0 radical (unpaired) electrons. The fraction of sp³-hybridized carbons (Fsp3) is 0.440. The molecule has 1 N–H and O–H groups in total. The Kier molecular flexibility index (Phi) is 7.65. The van der Waals surface area contributed by atoms with E-state index in [1.54, 1.807) is 40.8 Å².